The summed E-state index contributed by atoms with van der Waals surface area (Å²) in [7, 11) is 0. The van der Waals surface area contributed by atoms with Gasteiger partial charge in [0.1, 0.15) is 5.01 Å². The van der Waals surface area contributed by atoms with Gasteiger partial charge in [-0.1, -0.05) is 23.7 Å². The van der Waals surface area contributed by atoms with Crippen molar-refractivity contribution in [3.8, 4) is 9.88 Å². The minimum Gasteiger partial charge on any atom is -0.326 e. The number of aromatic nitrogens is 1. The molecular weight excluding hydrogens is 336 g/mol. The Labute approximate surface area is 141 Å². The highest BCUT2D eigenvalue weighted by atomic mass is 35.5. The van der Waals surface area contributed by atoms with E-state index in [9.17, 15) is 4.79 Å². The monoisotopic (exact) mass is 348 g/mol. The normalized spacial score (nSPS) is 10.6. The Balaban J connectivity index is 1.65. The fraction of sp³-hybridized carbons (Fsp3) is 0.125. The number of aryl methyl sites for hydroxylation is 1. The first-order valence-electron chi connectivity index (χ1n) is 6.66. The lowest BCUT2D eigenvalue weighted by molar-refractivity contribution is -0.115. The van der Waals surface area contributed by atoms with E-state index < -0.39 is 0 Å². The molecule has 0 unspecified atom stereocenters. The van der Waals surface area contributed by atoms with Crippen LogP contribution in [0.4, 0.5) is 5.69 Å². The van der Waals surface area contributed by atoms with Crippen LogP contribution in [-0.4, -0.2) is 10.9 Å². The molecule has 0 aliphatic carbocycles. The van der Waals surface area contributed by atoms with E-state index in [0.29, 0.717) is 10.7 Å². The van der Waals surface area contributed by atoms with Crippen LogP contribution in [0.1, 0.15) is 11.3 Å². The standard InChI is InChI=1S/C16H13ClN2OS2/c1-10-4-5-11(7-13(10)17)18-15(20)8-12-9-22-16(19-12)14-3-2-6-21-14/h2-7,9H,8H2,1H3,(H,18,20). The molecule has 0 saturated carbocycles. The van der Waals surface area contributed by atoms with Crippen molar-refractivity contribution >= 4 is 45.9 Å². The zero-order chi connectivity index (χ0) is 15.5. The minimum atomic E-state index is -0.0945. The van der Waals surface area contributed by atoms with Gasteiger partial charge in [0, 0.05) is 16.1 Å². The molecular formula is C16H13ClN2OS2. The summed E-state index contributed by atoms with van der Waals surface area (Å²) in [5.74, 6) is -0.0945. The van der Waals surface area contributed by atoms with E-state index in [-0.39, 0.29) is 12.3 Å². The highest BCUT2D eigenvalue weighted by molar-refractivity contribution is 7.20. The Morgan fingerprint density at radius 1 is 1.32 bits per heavy atom. The lowest BCUT2D eigenvalue weighted by atomic mass is 10.2. The van der Waals surface area contributed by atoms with Gasteiger partial charge in [0.2, 0.25) is 5.91 Å². The summed E-state index contributed by atoms with van der Waals surface area (Å²) in [6, 6.07) is 9.51. The Morgan fingerprint density at radius 2 is 2.18 bits per heavy atom. The van der Waals surface area contributed by atoms with Gasteiger partial charge in [0.25, 0.3) is 0 Å². The summed E-state index contributed by atoms with van der Waals surface area (Å²) in [6.07, 6.45) is 0.257. The van der Waals surface area contributed by atoms with Gasteiger partial charge in [-0.15, -0.1) is 22.7 Å². The molecule has 0 saturated heterocycles. The average Bonchev–Trinajstić information content (AvgIpc) is 3.13. The molecule has 3 aromatic rings. The maximum absolute atomic E-state index is 12.1. The number of rotatable bonds is 4. The number of carbonyl (C=O) groups excluding carboxylic acids is 1. The molecule has 0 aliphatic rings. The first-order chi connectivity index (χ1) is 10.6. The molecule has 3 rings (SSSR count). The predicted octanol–water partition coefficient (Wildman–Crippen LogP) is 5.01. The number of nitrogens with one attached hydrogen (secondary N) is 1. The summed E-state index contributed by atoms with van der Waals surface area (Å²) < 4.78 is 0. The number of nitrogens with zero attached hydrogens (tertiary/aromatic N) is 1. The van der Waals surface area contributed by atoms with E-state index in [1.54, 1.807) is 28.7 Å². The SMILES string of the molecule is Cc1ccc(NC(=O)Cc2csc(-c3cccs3)n2)cc1Cl. The van der Waals surface area contributed by atoms with Crippen molar-refractivity contribution in [2.45, 2.75) is 13.3 Å². The summed E-state index contributed by atoms with van der Waals surface area (Å²) in [6.45, 7) is 1.93. The lowest BCUT2D eigenvalue weighted by Gasteiger charge is -2.05. The lowest BCUT2D eigenvalue weighted by Crippen LogP contribution is -2.14. The first kappa shape index (κ1) is 15.2. The molecule has 0 aliphatic heterocycles. The van der Waals surface area contributed by atoms with Crippen molar-refractivity contribution in [2.75, 3.05) is 5.32 Å². The second-order valence-electron chi connectivity index (χ2n) is 4.81. The predicted molar refractivity (Wildman–Crippen MR) is 93.9 cm³/mol. The number of halogens is 1. The molecule has 0 spiro atoms. The Morgan fingerprint density at radius 3 is 2.91 bits per heavy atom. The number of hydrogen-bond acceptors (Lipinski definition) is 4. The molecule has 2 heterocycles. The van der Waals surface area contributed by atoms with E-state index in [1.807, 2.05) is 41.9 Å². The van der Waals surface area contributed by atoms with E-state index in [0.717, 1.165) is 21.1 Å². The number of thiophene rings is 1. The third-order valence-electron chi connectivity index (χ3n) is 3.08. The first-order valence-corrected chi connectivity index (χ1v) is 8.80. The molecule has 22 heavy (non-hydrogen) atoms. The smallest absolute Gasteiger partial charge is 0.230 e. The van der Waals surface area contributed by atoms with Crippen molar-refractivity contribution < 1.29 is 4.79 Å². The maximum Gasteiger partial charge on any atom is 0.230 e. The zero-order valence-electron chi connectivity index (χ0n) is 11.8. The Hall–Kier alpha value is -1.69. The van der Waals surface area contributed by atoms with Gasteiger partial charge < -0.3 is 5.32 Å². The molecule has 0 bridgehead atoms. The quantitative estimate of drug-likeness (QED) is 0.719. The van der Waals surface area contributed by atoms with Crippen LogP contribution >= 0.6 is 34.3 Å². The second kappa shape index (κ2) is 6.60. The second-order valence-corrected chi connectivity index (χ2v) is 7.02. The third kappa shape index (κ3) is 3.55. The largest absolute Gasteiger partial charge is 0.326 e. The van der Waals surface area contributed by atoms with Crippen LogP contribution in [0.5, 0.6) is 0 Å². The van der Waals surface area contributed by atoms with E-state index in [4.69, 9.17) is 11.6 Å². The van der Waals surface area contributed by atoms with Crippen molar-refractivity contribution in [3.63, 3.8) is 0 Å². The molecule has 3 nitrogen and oxygen atoms in total. The van der Waals surface area contributed by atoms with E-state index in [2.05, 4.69) is 10.3 Å². The number of amides is 1. The third-order valence-corrected chi connectivity index (χ3v) is 5.42. The van der Waals surface area contributed by atoms with E-state index >= 15 is 0 Å². The molecule has 1 amide bonds. The van der Waals surface area contributed by atoms with Gasteiger partial charge >= 0.3 is 0 Å². The molecule has 0 atom stereocenters. The van der Waals surface area contributed by atoms with Crippen LogP contribution in [0.3, 0.4) is 0 Å². The molecule has 6 heteroatoms. The Bertz CT molecular complexity index is 796. The number of benzene rings is 1. The Kier molecular flexibility index (Phi) is 4.57. The number of anilines is 1. The number of thiazole rings is 1. The summed E-state index contributed by atoms with van der Waals surface area (Å²) in [5.41, 5.74) is 2.47. The van der Waals surface area contributed by atoms with Crippen molar-refractivity contribution in [1.29, 1.82) is 0 Å². The van der Waals surface area contributed by atoms with E-state index in [1.165, 1.54) is 0 Å². The van der Waals surface area contributed by atoms with Crippen LogP contribution in [0.15, 0.2) is 41.1 Å². The molecule has 1 N–H and O–H groups in total. The van der Waals surface area contributed by atoms with Crippen LogP contribution in [0.25, 0.3) is 9.88 Å². The van der Waals surface area contributed by atoms with Gasteiger partial charge in [-0.2, -0.15) is 0 Å². The molecule has 0 fully saturated rings. The van der Waals surface area contributed by atoms with Gasteiger partial charge in [0.05, 0.1) is 17.0 Å². The van der Waals surface area contributed by atoms with Gasteiger partial charge in [-0.25, -0.2) is 4.98 Å². The fourth-order valence-corrected chi connectivity index (χ4v) is 3.76. The highest BCUT2D eigenvalue weighted by Crippen LogP contribution is 2.28. The topological polar surface area (TPSA) is 42.0 Å². The minimum absolute atomic E-state index is 0.0945. The van der Waals surface area contributed by atoms with Crippen LogP contribution in [0, 0.1) is 6.92 Å². The average molecular weight is 349 g/mol. The molecule has 1 aromatic carbocycles. The fourth-order valence-electron chi connectivity index (χ4n) is 1.94. The van der Waals surface area contributed by atoms with Gasteiger partial charge in [-0.3, -0.25) is 4.79 Å². The molecule has 0 radical (unpaired) electrons. The maximum atomic E-state index is 12.1. The van der Waals surface area contributed by atoms with Gasteiger partial charge in [-0.05, 0) is 36.1 Å². The van der Waals surface area contributed by atoms with Crippen LogP contribution in [-0.2, 0) is 11.2 Å². The summed E-state index contributed by atoms with van der Waals surface area (Å²) in [5, 5.41) is 8.39. The highest BCUT2D eigenvalue weighted by Gasteiger charge is 2.10. The summed E-state index contributed by atoms with van der Waals surface area (Å²) >= 11 is 9.26. The molecule has 112 valence electrons. The van der Waals surface area contributed by atoms with Crippen molar-refractivity contribution in [1.82, 2.24) is 4.98 Å². The number of hydrogen-bond donors (Lipinski definition) is 1. The van der Waals surface area contributed by atoms with Crippen LogP contribution < -0.4 is 5.32 Å². The van der Waals surface area contributed by atoms with Crippen LogP contribution in [0.2, 0.25) is 5.02 Å². The van der Waals surface area contributed by atoms with Gasteiger partial charge in [0.15, 0.2) is 0 Å². The number of carbonyl (C=O) groups is 1. The summed E-state index contributed by atoms with van der Waals surface area (Å²) in [4.78, 5) is 17.7. The zero-order valence-corrected chi connectivity index (χ0v) is 14.2. The van der Waals surface area contributed by atoms with Crippen molar-refractivity contribution in [2.24, 2.45) is 0 Å². The van der Waals surface area contributed by atoms with Crippen molar-refractivity contribution in [3.05, 3.63) is 57.4 Å². The molecule has 2 aromatic heterocycles.